The predicted octanol–water partition coefficient (Wildman–Crippen LogP) is 2.65. The van der Waals surface area contributed by atoms with Gasteiger partial charge in [-0.05, 0) is 25.1 Å². The van der Waals surface area contributed by atoms with E-state index in [1.54, 1.807) is 11.3 Å². The SMILES string of the molecule is CCCN.c1ccc2scnc2c1. The van der Waals surface area contributed by atoms with E-state index in [4.69, 9.17) is 5.73 Å². The van der Waals surface area contributed by atoms with Gasteiger partial charge in [0.05, 0.1) is 15.7 Å². The zero-order chi connectivity index (χ0) is 9.52. The van der Waals surface area contributed by atoms with Crippen molar-refractivity contribution in [3.63, 3.8) is 0 Å². The first-order valence-corrected chi connectivity index (χ1v) is 5.24. The molecule has 70 valence electrons. The summed E-state index contributed by atoms with van der Waals surface area (Å²) in [5, 5.41) is 0. The third kappa shape index (κ3) is 3.13. The second-order valence-electron chi connectivity index (χ2n) is 2.61. The summed E-state index contributed by atoms with van der Waals surface area (Å²) in [6.45, 7) is 2.88. The molecule has 0 spiro atoms. The molecule has 0 aliphatic heterocycles. The largest absolute Gasteiger partial charge is 0.330 e. The van der Waals surface area contributed by atoms with Crippen molar-refractivity contribution >= 4 is 21.6 Å². The number of thiazole rings is 1. The third-order valence-electron chi connectivity index (χ3n) is 1.53. The van der Waals surface area contributed by atoms with Gasteiger partial charge in [-0.25, -0.2) is 4.98 Å². The second-order valence-corrected chi connectivity index (χ2v) is 3.50. The highest BCUT2D eigenvalue weighted by Gasteiger charge is 1.89. The van der Waals surface area contributed by atoms with Crippen molar-refractivity contribution in [2.75, 3.05) is 6.54 Å². The fraction of sp³-hybridized carbons (Fsp3) is 0.300. The van der Waals surface area contributed by atoms with Gasteiger partial charge in [0.1, 0.15) is 0 Å². The first-order valence-electron chi connectivity index (χ1n) is 4.36. The highest BCUT2D eigenvalue weighted by Crippen LogP contribution is 2.15. The van der Waals surface area contributed by atoms with Crippen LogP contribution in [0.5, 0.6) is 0 Å². The van der Waals surface area contributed by atoms with Crippen LogP contribution in [0, 0.1) is 0 Å². The molecule has 1 aromatic heterocycles. The van der Waals surface area contributed by atoms with Gasteiger partial charge in [-0.1, -0.05) is 19.1 Å². The molecule has 0 amide bonds. The van der Waals surface area contributed by atoms with Crippen LogP contribution in [0.4, 0.5) is 0 Å². The Morgan fingerprint density at radius 2 is 2.08 bits per heavy atom. The molecule has 0 bridgehead atoms. The monoisotopic (exact) mass is 194 g/mol. The summed E-state index contributed by atoms with van der Waals surface area (Å²) in [5.41, 5.74) is 7.99. The van der Waals surface area contributed by atoms with E-state index in [9.17, 15) is 0 Å². The van der Waals surface area contributed by atoms with Gasteiger partial charge in [-0.3, -0.25) is 0 Å². The Balaban J connectivity index is 0.000000184. The lowest BCUT2D eigenvalue weighted by atomic mass is 10.3. The second kappa shape index (κ2) is 5.67. The number of para-hydroxylation sites is 1. The number of nitrogens with two attached hydrogens (primary N) is 1. The summed E-state index contributed by atoms with van der Waals surface area (Å²) in [5.74, 6) is 0. The van der Waals surface area contributed by atoms with Crippen LogP contribution in [0.3, 0.4) is 0 Å². The molecular formula is C10H14N2S. The number of hydrogen-bond acceptors (Lipinski definition) is 3. The van der Waals surface area contributed by atoms with E-state index < -0.39 is 0 Å². The molecule has 3 heteroatoms. The van der Waals surface area contributed by atoms with Gasteiger partial charge in [-0.2, -0.15) is 0 Å². The Morgan fingerprint density at radius 3 is 2.69 bits per heavy atom. The third-order valence-corrected chi connectivity index (χ3v) is 2.34. The molecule has 0 aliphatic carbocycles. The van der Waals surface area contributed by atoms with Crippen LogP contribution in [-0.4, -0.2) is 11.5 Å². The Bertz CT molecular complexity index is 311. The van der Waals surface area contributed by atoms with Crippen LogP contribution >= 0.6 is 11.3 Å². The normalized spacial score (nSPS) is 9.38. The lowest BCUT2D eigenvalue weighted by molar-refractivity contribution is 0.932. The number of benzene rings is 1. The Morgan fingerprint density at radius 1 is 1.38 bits per heavy atom. The van der Waals surface area contributed by atoms with E-state index in [1.165, 1.54) is 4.70 Å². The Kier molecular flexibility index (Phi) is 4.43. The van der Waals surface area contributed by atoms with Gasteiger partial charge in [0, 0.05) is 0 Å². The highest BCUT2D eigenvalue weighted by atomic mass is 32.1. The maximum Gasteiger partial charge on any atom is 0.0812 e. The summed E-state index contributed by atoms with van der Waals surface area (Å²) in [6, 6.07) is 8.13. The number of hydrogen-bond donors (Lipinski definition) is 1. The van der Waals surface area contributed by atoms with Gasteiger partial charge >= 0.3 is 0 Å². The molecule has 0 saturated heterocycles. The zero-order valence-corrected chi connectivity index (χ0v) is 8.55. The van der Waals surface area contributed by atoms with Crippen molar-refractivity contribution in [3.8, 4) is 0 Å². The predicted molar refractivity (Wildman–Crippen MR) is 59.0 cm³/mol. The minimum atomic E-state index is 0.819. The minimum absolute atomic E-state index is 0.819. The molecule has 0 fully saturated rings. The number of nitrogens with zero attached hydrogens (tertiary/aromatic N) is 1. The lowest BCUT2D eigenvalue weighted by Crippen LogP contribution is -1.93. The molecule has 2 aromatic rings. The molecule has 1 aromatic carbocycles. The summed E-state index contributed by atoms with van der Waals surface area (Å²) in [6.07, 6.45) is 1.10. The molecule has 2 N–H and O–H groups in total. The van der Waals surface area contributed by atoms with Crippen LogP contribution in [0.25, 0.3) is 10.2 Å². The molecule has 2 nitrogen and oxygen atoms in total. The van der Waals surface area contributed by atoms with Crippen molar-refractivity contribution in [3.05, 3.63) is 29.8 Å². The topological polar surface area (TPSA) is 38.9 Å². The maximum absolute atomic E-state index is 5.03. The van der Waals surface area contributed by atoms with E-state index >= 15 is 0 Å². The van der Waals surface area contributed by atoms with Crippen LogP contribution in [0.15, 0.2) is 29.8 Å². The first kappa shape index (κ1) is 10.2. The number of fused-ring (bicyclic) bond motifs is 1. The maximum atomic E-state index is 5.03. The van der Waals surface area contributed by atoms with E-state index in [1.807, 2.05) is 23.7 Å². The van der Waals surface area contributed by atoms with Crippen molar-refractivity contribution in [1.82, 2.24) is 4.98 Å². The highest BCUT2D eigenvalue weighted by molar-refractivity contribution is 7.16. The fourth-order valence-electron chi connectivity index (χ4n) is 0.803. The number of rotatable bonds is 1. The summed E-state index contributed by atoms with van der Waals surface area (Å²) in [7, 11) is 0. The van der Waals surface area contributed by atoms with Gasteiger partial charge in [0.2, 0.25) is 0 Å². The average Bonchev–Trinajstić information content (AvgIpc) is 2.66. The number of aromatic nitrogens is 1. The molecule has 0 aliphatic rings. The molecule has 13 heavy (non-hydrogen) atoms. The van der Waals surface area contributed by atoms with Gasteiger partial charge < -0.3 is 5.73 Å². The first-order chi connectivity index (χ1) is 6.38. The smallest absolute Gasteiger partial charge is 0.0812 e. The van der Waals surface area contributed by atoms with E-state index in [0.717, 1.165) is 18.5 Å². The molecule has 0 saturated carbocycles. The Labute approximate surface area is 82.4 Å². The van der Waals surface area contributed by atoms with Crippen molar-refractivity contribution in [2.45, 2.75) is 13.3 Å². The van der Waals surface area contributed by atoms with Crippen molar-refractivity contribution in [1.29, 1.82) is 0 Å². The van der Waals surface area contributed by atoms with Gasteiger partial charge in [0.15, 0.2) is 0 Å². The average molecular weight is 194 g/mol. The van der Waals surface area contributed by atoms with Crippen LogP contribution in [0.1, 0.15) is 13.3 Å². The summed E-state index contributed by atoms with van der Waals surface area (Å²) >= 11 is 1.68. The van der Waals surface area contributed by atoms with Gasteiger partial charge in [0.25, 0.3) is 0 Å². The van der Waals surface area contributed by atoms with Crippen LogP contribution < -0.4 is 5.73 Å². The summed E-state index contributed by atoms with van der Waals surface area (Å²) < 4.78 is 1.26. The molecular weight excluding hydrogens is 180 g/mol. The Hall–Kier alpha value is -0.930. The minimum Gasteiger partial charge on any atom is -0.330 e. The molecule has 1 heterocycles. The summed E-state index contributed by atoms with van der Waals surface area (Å²) in [4.78, 5) is 4.14. The molecule has 0 atom stereocenters. The van der Waals surface area contributed by atoms with E-state index in [0.29, 0.717) is 0 Å². The van der Waals surface area contributed by atoms with Gasteiger partial charge in [-0.15, -0.1) is 11.3 Å². The standard InChI is InChI=1S/C7H5NS.C3H9N/c1-2-4-7-6(3-1)8-5-9-7;1-2-3-4/h1-5H;2-4H2,1H3. The molecule has 2 rings (SSSR count). The van der Waals surface area contributed by atoms with Crippen LogP contribution in [0.2, 0.25) is 0 Å². The van der Waals surface area contributed by atoms with Crippen molar-refractivity contribution < 1.29 is 0 Å². The zero-order valence-electron chi connectivity index (χ0n) is 7.73. The van der Waals surface area contributed by atoms with Crippen molar-refractivity contribution in [2.24, 2.45) is 5.73 Å². The quantitative estimate of drug-likeness (QED) is 0.758. The molecule has 0 unspecified atom stereocenters. The lowest BCUT2D eigenvalue weighted by Gasteiger charge is -1.80. The van der Waals surface area contributed by atoms with Crippen LogP contribution in [-0.2, 0) is 0 Å². The van der Waals surface area contributed by atoms with E-state index in [2.05, 4.69) is 18.0 Å². The van der Waals surface area contributed by atoms with E-state index in [-0.39, 0.29) is 0 Å². The fourth-order valence-corrected chi connectivity index (χ4v) is 1.48. The molecule has 0 radical (unpaired) electrons.